The van der Waals surface area contributed by atoms with Gasteiger partial charge in [0.15, 0.2) is 11.6 Å². The smallest absolute Gasteiger partial charge is 0.164 e. The molecule has 1 N–H and O–H groups in total. The van der Waals surface area contributed by atoms with Gasteiger partial charge in [-0.2, -0.15) is 11.8 Å². The molecule has 0 heterocycles. The lowest BCUT2D eigenvalue weighted by Gasteiger charge is -1.99. The van der Waals surface area contributed by atoms with Gasteiger partial charge in [0.1, 0.15) is 0 Å². The average Bonchev–Trinajstić information content (AvgIpc) is 1.98. The summed E-state index contributed by atoms with van der Waals surface area (Å²) in [7, 11) is 0. The summed E-state index contributed by atoms with van der Waals surface area (Å²) in [6.45, 7) is 0. The molecule has 60 valence electrons. The molecule has 0 saturated carbocycles. The van der Waals surface area contributed by atoms with E-state index in [0.29, 0.717) is 0 Å². The molecule has 0 amide bonds. The van der Waals surface area contributed by atoms with Gasteiger partial charge in [0.05, 0.1) is 0 Å². The van der Waals surface area contributed by atoms with Crippen LogP contribution in [-0.4, -0.2) is 11.4 Å². The van der Waals surface area contributed by atoms with Crippen LogP contribution in [0.15, 0.2) is 18.2 Å². The summed E-state index contributed by atoms with van der Waals surface area (Å²) in [5.41, 5.74) is 0.941. The van der Waals surface area contributed by atoms with Crippen molar-refractivity contribution in [3.05, 3.63) is 29.6 Å². The van der Waals surface area contributed by atoms with Gasteiger partial charge in [0.2, 0.25) is 0 Å². The number of rotatable bonds is 2. The van der Waals surface area contributed by atoms with Crippen LogP contribution in [0.3, 0.4) is 0 Å². The molecule has 0 unspecified atom stereocenters. The van der Waals surface area contributed by atoms with E-state index in [9.17, 15) is 4.39 Å². The van der Waals surface area contributed by atoms with Crippen molar-refractivity contribution >= 4 is 11.8 Å². The lowest BCUT2D eigenvalue weighted by atomic mass is 10.2. The number of thioether (sulfide) groups is 1. The zero-order chi connectivity index (χ0) is 8.27. The van der Waals surface area contributed by atoms with Crippen molar-refractivity contribution in [2.75, 3.05) is 6.26 Å². The second kappa shape index (κ2) is 3.62. The van der Waals surface area contributed by atoms with Crippen LogP contribution in [0.4, 0.5) is 4.39 Å². The van der Waals surface area contributed by atoms with Crippen LogP contribution in [0, 0.1) is 5.82 Å². The molecular weight excluding hydrogens is 163 g/mol. The molecule has 1 aromatic rings. The van der Waals surface area contributed by atoms with E-state index < -0.39 is 5.82 Å². The Morgan fingerprint density at radius 1 is 1.55 bits per heavy atom. The van der Waals surface area contributed by atoms with Crippen LogP contribution in [0.25, 0.3) is 0 Å². The fraction of sp³-hybridized carbons (Fsp3) is 0.250. The number of phenols is 1. The van der Waals surface area contributed by atoms with E-state index >= 15 is 0 Å². The summed E-state index contributed by atoms with van der Waals surface area (Å²) in [5.74, 6) is -0.0280. The zero-order valence-corrected chi connectivity index (χ0v) is 6.99. The maximum Gasteiger partial charge on any atom is 0.164 e. The Morgan fingerprint density at radius 2 is 2.27 bits per heavy atom. The van der Waals surface area contributed by atoms with E-state index in [2.05, 4.69) is 0 Å². The molecule has 0 saturated heterocycles. The predicted molar refractivity (Wildman–Crippen MR) is 45.3 cm³/mol. The summed E-state index contributed by atoms with van der Waals surface area (Å²) in [6.07, 6.45) is 1.96. The lowest BCUT2D eigenvalue weighted by Crippen LogP contribution is -1.81. The van der Waals surface area contributed by atoms with Gasteiger partial charge in [-0.25, -0.2) is 4.39 Å². The Labute approximate surface area is 69.2 Å². The molecule has 0 atom stereocenters. The van der Waals surface area contributed by atoms with Crippen molar-refractivity contribution in [1.82, 2.24) is 0 Å². The first kappa shape index (κ1) is 8.40. The number of halogens is 1. The number of hydrogen-bond donors (Lipinski definition) is 1. The maximum absolute atomic E-state index is 12.5. The van der Waals surface area contributed by atoms with Crippen LogP contribution in [-0.2, 0) is 5.75 Å². The first-order chi connectivity index (χ1) is 5.24. The minimum absolute atomic E-state index is 0.267. The van der Waals surface area contributed by atoms with E-state index in [-0.39, 0.29) is 5.75 Å². The highest BCUT2D eigenvalue weighted by atomic mass is 32.2. The van der Waals surface area contributed by atoms with Crippen LogP contribution in [0.2, 0.25) is 0 Å². The molecule has 0 fully saturated rings. The van der Waals surface area contributed by atoms with Gasteiger partial charge in [-0.05, 0) is 24.0 Å². The summed E-state index contributed by atoms with van der Waals surface area (Å²) in [4.78, 5) is 0. The van der Waals surface area contributed by atoms with Gasteiger partial charge in [0, 0.05) is 5.75 Å². The standard InChI is InChI=1S/C8H9FOS/c1-11-5-6-2-3-7(9)8(10)4-6/h2-4,10H,5H2,1H3. The van der Waals surface area contributed by atoms with E-state index in [1.807, 2.05) is 6.26 Å². The van der Waals surface area contributed by atoms with E-state index in [0.717, 1.165) is 11.3 Å². The Balaban J connectivity index is 2.86. The highest BCUT2D eigenvalue weighted by Gasteiger charge is 1.99. The minimum atomic E-state index is -0.560. The summed E-state index contributed by atoms with van der Waals surface area (Å²) in [6, 6.07) is 4.40. The highest BCUT2D eigenvalue weighted by Crippen LogP contribution is 2.18. The predicted octanol–water partition coefficient (Wildman–Crippen LogP) is 2.39. The van der Waals surface area contributed by atoms with E-state index in [1.165, 1.54) is 12.1 Å². The number of benzene rings is 1. The van der Waals surface area contributed by atoms with Crippen molar-refractivity contribution < 1.29 is 9.50 Å². The summed E-state index contributed by atoms with van der Waals surface area (Å²) in [5, 5.41) is 8.94. The highest BCUT2D eigenvalue weighted by molar-refractivity contribution is 7.97. The second-order valence-corrected chi connectivity index (χ2v) is 3.08. The molecule has 1 aromatic carbocycles. The molecule has 1 rings (SSSR count). The fourth-order valence-electron chi connectivity index (χ4n) is 0.815. The van der Waals surface area contributed by atoms with Gasteiger partial charge in [0.25, 0.3) is 0 Å². The first-order valence-corrected chi connectivity index (χ1v) is 4.59. The molecule has 0 radical (unpaired) electrons. The van der Waals surface area contributed by atoms with Crippen molar-refractivity contribution in [3.63, 3.8) is 0 Å². The summed E-state index contributed by atoms with van der Waals surface area (Å²) < 4.78 is 12.5. The number of aromatic hydroxyl groups is 1. The van der Waals surface area contributed by atoms with E-state index in [4.69, 9.17) is 5.11 Å². The number of phenolic OH excluding ortho intramolecular Hbond substituents is 1. The summed E-state index contributed by atoms with van der Waals surface area (Å²) >= 11 is 1.64. The third-order valence-corrected chi connectivity index (χ3v) is 1.94. The Bertz CT molecular complexity index is 250. The van der Waals surface area contributed by atoms with E-state index in [1.54, 1.807) is 17.8 Å². The number of hydrogen-bond acceptors (Lipinski definition) is 2. The molecule has 3 heteroatoms. The monoisotopic (exact) mass is 172 g/mol. The lowest BCUT2D eigenvalue weighted by molar-refractivity contribution is 0.432. The normalized spacial score (nSPS) is 10.0. The van der Waals surface area contributed by atoms with Crippen molar-refractivity contribution in [2.24, 2.45) is 0 Å². The third-order valence-electron chi connectivity index (χ3n) is 1.32. The van der Waals surface area contributed by atoms with Gasteiger partial charge in [-0.3, -0.25) is 0 Å². The Hall–Kier alpha value is -0.700. The van der Waals surface area contributed by atoms with Crippen LogP contribution >= 0.6 is 11.8 Å². The molecule has 0 aliphatic carbocycles. The minimum Gasteiger partial charge on any atom is -0.505 e. The quantitative estimate of drug-likeness (QED) is 0.739. The molecule has 0 spiro atoms. The first-order valence-electron chi connectivity index (χ1n) is 3.20. The largest absolute Gasteiger partial charge is 0.505 e. The fourth-order valence-corrected chi connectivity index (χ4v) is 1.33. The third kappa shape index (κ3) is 2.12. The van der Waals surface area contributed by atoms with Crippen LogP contribution in [0.1, 0.15) is 5.56 Å². The van der Waals surface area contributed by atoms with Crippen molar-refractivity contribution in [2.45, 2.75) is 5.75 Å². The van der Waals surface area contributed by atoms with Gasteiger partial charge < -0.3 is 5.11 Å². The van der Waals surface area contributed by atoms with Crippen molar-refractivity contribution in [1.29, 1.82) is 0 Å². The molecule has 11 heavy (non-hydrogen) atoms. The van der Waals surface area contributed by atoms with Crippen LogP contribution < -0.4 is 0 Å². The van der Waals surface area contributed by atoms with Gasteiger partial charge >= 0.3 is 0 Å². The van der Waals surface area contributed by atoms with Crippen LogP contribution in [0.5, 0.6) is 5.75 Å². The second-order valence-electron chi connectivity index (χ2n) is 2.22. The molecule has 0 aliphatic heterocycles. The molecule has 1 nitrogen and oxygen atoms in total. The van der Waals surface area contributed by atoms with Crippen molar-refractivity contribution in [3.8, 4) is 5.75 Å². The SMILES string of the molecule is CSCc1ccc(F)c(O)c1. The average molecular weight is 172 g/mol. The topological polar surface area (TPSA) is 20.2 Å². The maximum atomic E-state index is 12.5. The Kier molecular flexibility index (Phi) is 2.76. The molecule has 0 aromatic heterocycles. The Morgan fingerprint density at radius 3 is 2.82 bits per heavy atom. The van der Waals surface area contributed by atoms with Gasteiger partial charge in [-0.1, -0.05) is 6.07 Å². The molecular formula is C8H9FOS. The molecule has 0 aliphatic rings. The molecule has 0 bridgehead atoms. The van der Waals surface area contributed by atoms with Gasteiger partial charge in [-0.15, -0.1) is 0 Å². The zero-order valence-electron chi connectivity index (χ0n) is 6.17.